The molecule has 10 heteroatoms. The summed E-state index contributed by atoms with van der Waals surface area (Å²) in [4.78, 5) is 19.6. The van der Waals surface area contributed by atoms with Crippen molar-refractivity contribution in [1.29, 1.82) is 0 Å². The van der Waals surface area contributed by atoms with Crippen LogP contribution in [0, 0.1) is 6.92 Å². The van der Waals surface area contributed by atoms with E-state index >= 15 is 0 Å². The quantitative estimate of drug-likeness (QED) is 0.619. The number of sulfonamides is 1. The van der Waals surface area contributed by atoms with Crippen molar-refractivity contribution in [3.05, 3.63) is 46.7 Å². The Morgan fingerprint density at radius 3 is 2.73 bits per heavy atom. The highest BCUT2D eigenvalue weighted by molar-refractivity contribution is 7.93. The number of likely N-dealkylation sites (tertiary alicyclic amines) is 1. The number of anilines is 1. The van der Waals surface area contributed by atoms with E-state index in [1.807, 2.05) is 19.1 Å². The fourth-order valence-corrected chi connectivity index (χ4v) is 6.06. The first-order valence-electron chi connectivity index (χ1n) is 9.73. The molecule has 0 spiro atoms. The summed E-state index contributed by atoms with van der Waals surface area (Å²) < 4.78 is 33.8. The third-order valence-electron chi connectivity index (χ3n) is 5.03. The van der Waals surface area contributed by atoms with Gasteiger partial charge in [-0.3, -0.25) is 9.52 Å². The zero-order valence-corrected chi connectivity index (χ0v) is 18.3. The van der Waals surface area contributed by atoms with Crippen LogP contribution in [0.5, 0.6) is 0 Å². The number of aromatic nitrogens is 2. The highest BCUT2D eigenvalue weighted by Gasteiger charge is 2.27. The first-order valence-corrected chi connectivity index (χ1v) is 12.0. The van der Waals surface area contributed by atoms with Gasteiger partial charge in [-0.25, -0.2) is 8.42 Å². The second-order valence-electron chi connectivity index (χ2n) is 7.07. The normalized spacial score (nSPS) is 14.3. The Balaban J connectivity index is 1.59. The lowest BCUT2D eigenvalue weighted by Gasteiger charge is -2.11. The molecule has 0 saturated carbocycles. The summed E-state index contributed by atoms with van der Waals surface area (Å²) in [6.45, 7) is 5.06. The van der Waals surface area contributed by atoms with Crippen LogP contribution in [0.1, 0.15) is 40.9 Å². The largest absolute Gasteiger partial charge is 0.334 e. The van der Waals surface area contributed by atoms with Crippen LogP contribution in [0.15, 0.2) is 39.8 Å². The molecule has 1 aromatic carbocycles. The van der Waals surface area contributed by atoms with Gasteiger partial charge in [0, 0.05) is 18.0 Å². The second kappa shape index (κ2) is 8.19. The maximum absolute atomic E-state index is 13.0. The van der Waals surface area contributed by atoms with Crippen LogP contribution in [0.3, 0.4) is 0 Å². The SMILES string of the molecule is CCc1ccccc1NS(=O)(=O)c1cc(-c2noc(C(=O)N3CCCC3)n2)sc1C. The number of benzene rings is 1. The second-order valence-corrected chi connectivity index (χ2v) is 9.98. The first kappa shape index (κ1) is 20.5. The molecule has 0 aliphatic carbocycles. The van der Waals surface area contributed by atoms with Crippen molar-refractivity contribution in [1.82, 2.24) is 15.0 Å². The van der Waals surface area contributed by atoms with E-state index < -0.39 is 10.0 Å². The van der Waals surface area contributed by atoms with Crippen LogP contribution in [-0.4, -0.2) is 42.5 Å². The molecule has 2 aromatic heterocycles. The van der Waals surface area contributed by atoms with E-state index in [9.17, 15) is 13.2 Å². The lowest BCUT2D eigenvalue weighted by atomic mass is 10.1. The molecule has 1 aliphatic rings. The average Bonchev–Trinajstić information content (AvgIpc) is 3.48. The van der Waals surface area contributed by atoms with Gasteiger partial charge in [0.25, 0.3) is 10.0 Å². The Kier molecular flexibility index (Phi) is 5.61. The van der Waals surface area contributed by atoms with Crippen molar-refractivity contribution in [2.24, 2.45) is 0 Å². The summed E-state index contributed by atoms with van der Waals surface area (Å²) in [6.07, 6.45) is 2.64. The zero-order valence-electron chi connectivity index (χ0n) is 16.7. The topological polar surface area (TPSA) is 105 Å². The molecule has 3 aromatic rings. The summed E-state index contributed by atoms with van der Waals surface area (Å²) in [6, 6.07) is 8.82. The number of thiophene rings is 1. The van der Waals surface area contributed by atoms with Crippen molar-refractivity contribution in [3.8, 4) is 10.7 Å². The smallest absolute Gasteiger partial charge is 0.316 e. The lowest BCUT2D eigenvalue weighted by molar-refractivity contribution is 0.0743. The number of aryl methyl sites for hydroxylation is 2. The third-order valence-corrected chi connectivity index (χ3v) is 7.69. The van der Waals surface area contributed by atoms with E-state index in [1.165, 1.54) is 17.4 Å². The summed E-state index contributed by atoms with van der Waals surface area (Å²) in [5.41, 5.74) is 1.47. The van der Waals surface area contributed by atoms with Crippen molar-refractivity contribution < 1.29 is 17.7 Å². The maximum atomic E-state index is 13.0. The van der Waals surface area contributed by atoms with Gasteiger partial charge >= 0.3 is 11.8 Å². The van der Waals surface area contributed by atoms with E-state index in [4.69, 9.17) is 4.52 Å². The number of hydrogen-bond acceptors (Lipinski definition) is 7. The van der Waals surface area contributed by atoms with Crippen LogP contribution in [0.4, 0.5) is 5.69 Å². The Labute approximate surface area is 179 Å². The van der Waals surface area contributed by atoms with Crippen LogP contribution < -0.4 is 4.72 Å². The molecule has 30 heavy (non-hydrogen) atoms. The summed E-state index contributed by atoms with van der Waals surface area (Å²) in [7, 11) is -3.79. The highest BCUT2D eigenvalue weighted by Crippen LogP contribution is 2.33. The predicted molar refractivity (Wildman–Crippen MR) is 114 cm³/mol. The fraction of sp³-hybridized carbons (Fsp3) is 0.350. The molecule has 1 amide bonds. The van der Waals surface area contributed by atoms with Crippen molar-refractivity contribution in [3.63, 3.8) is 0 Å². The van der Waals surface area contributed by atoms with Crippen molar-refractivity contribution in [2.45, 2.75) is 38.0 Å². The molecule has 0 radical (unpaired) electrons. The number of para-hydroxylation sites is 1. The predicted octanol–water partition coefficient (Wildman–Crippen LogP) is 3.71. The number of nitrogens with zero attached hydrogens (tertiary/aromatic N) is 3. The van der Waals surface area contributed by atoms with Gasteiger partial charge < -0.3 is 9.42 Å². The number of carbonyl (C=O) groups is 1. The van der Waals surface area contributed by atoms with Gasteiger partial charge in [0.15, 0.2) is 0 Å². The number of amides is 1. The molecule has 1 fully saturated rings. The Morgan fingerprint density at radius 2 is 2.00 bits per heavy atom. The van der Waals surface area contributed by atoms with Crippen molar-refractivity contribution >= 4 is 33.0 Å². The van der Waals surface area contributed by atoms with E-state index in [1.54, 1.807) is 24.0 Å². The average molecular weight is 447 g/mol. The summed E-state index contributed by atoms with van der Waals surface area (Å²) in [5.74, 6) is -0.149. The third kappa shape index (κ3) is 3.97. The fourth-order valence-electron chi connectivity index (χ4n) is 3.44. The Morgan fingerprint density at radius 1 is 1.27 bits per heavy atom. The molecule has 0 unspecified atom stereocenters. The minimum atomic E-state index is -3.79. The van der Waals surface area contributed by atoms with E-state index in [2.05, 4.69) is 14.9 Å². The van der Waals surface area contributed by atoms with Gasteiger partial charge in [-0.05, 0) is 43.9 Å². The van der Waals surface area contributed by atoms with Gasteiger partial charge in [-0.1, -0.05) is 30.3 Å². The van der Waals surface area contributed by atoms with Gasteiger partial charge in [-0.15, -0.1) is 11.3 Å². The maximum Gasteiger partial charge on any atom is 0.316 e. The molecular weight excluding hydrogens is 424 g/mol. The van der Waals surface area contributed by atoms with Gasteiger partial charge in [0.1, 0.15) is 4.90 Å². The Hall–Kier alpha value is -2.72. The van der Waals surface area contributed by atoms with Crippen LogP contribution >= 0.6 is 11.3 Å². The van der Waals surface area contributed by atoms with Crippen LogP contribution in [0.25, 0.3) is 10.7 Å². The molecular formula is C20H22N4O4S2. The van der Waals surface area contributed by atoms with Crippen LogP contribution in [0.2, 0.25) is 0 Å². The molecule has 0 bridgehead atoms. The van der Waals surface area contributed by atoms with Gasteiger partial charge in [0.2, 0.25) is 5.82 Å². The van der Waals surface area contributed by atoms with E-state index in [-0.39, 0.29) is 22.5 Å². The molecule has 4 rings (SSSR count). The van der Waals surface area contributed by atoms with E-state index in [0.29, 0.717) is 35.0 Å². The molecule has 158 valence electrons. The molecule has 1 N–H and O–H groups in total. The zero-order chi connectivity index (χ0) is 21.3. The highest BCUT2D eigenvalue weighted by atomic mass is 32.2. The summed E-state index contributed by atoms with van der Waals surface area (Å²) >= 11 is 1.24. The number of hydrogen-bond donors (Lipinski definition) is 1. The molecule has 1 saturated heterocycles. The number of carbonyl (C=O) groups excluding carboxylic acids is 1. The first-order chi connectivity index (χ1) is 14.4. The summed E-state index contributed by atoms with van der Waals surface area (Å²) in [5, 5.41) is 3.89. The molecule has 0 atom stereocenters. The lowest BCUT2D eigenvalue weighted by Crippen LogP contribution is -2.27. The van der Waals surface area contributed by atoms with Crippen molar-refractivity contribution in [2.75, 3.05) is 17.8 Å². The number of rotatable bonds is 6. The molecule has 3 heterocycles. The van der Waals surface area contributed by atoms with E-state index in [0.717, 1.165) is 18.4 Å². The number of nitrogens with one attached hydrogen (secondary N) is 1. The van der Waals surface area contributed by atoms with Crippen LogP contribution in [-0.2, 0) is 16.4 Å². The monoisotopic (exact) mass is 446 g/mol. The molecule has 1 aliphatic heterocycles. The molecule has 8 nitrogen and oxygen atoms in total. The van der Waals surface area contributed by atoms with Gasteiger partial charge in [0.05, 0.1) is 10.6 Å². The Bertz CT molecular complexity index is 1180. The standard InChI is InChI=1S/C20H22N4O4S2/c1-3-14-8-4-5-9-15(14)23-30(26,27)17-12-16(29-13(17)2)18-21-19(28-22-18)20(25)24-10-6-7-11-24/h4-5,8-9,12,23H,3,6-7,10-11H2,1-2H3. The van der Waals surface area contributed by atoms with Gasteiger partial charge in [-0.2, -0.15) is 4.98 Å². The minimum absolute atomic E-state index is 0.0719. The minimum Gasteiger partial charge on any atom is -0.334 e.